The Morgan fingerprint density at radius 2 is 2.00 bits per heavy atom. The zero-order valence-electron chi connectivity index (χ0n) is 12.6. The molecule has 0 atom stereocenters. The van der Waals surface area contributed by atoms with E-state index in [4.69, 9.17) is 32.7 Å². The Bertz CT molecular complexity index is 769. The Labute approximate surface area is 163 Å². The number of ether oxygens (including phenoxy) is 2. The summed E-state index contributed by atoms with van der Waals surface area (Å²) < 4.78 is 11.4. The summed E-state index contributed by atoms with van der Waals surface area (Å²) in [5, 5.41) is 4.72. The highest BCUT2D eigenvalue weighted by Crippen LogP contribution is 2.27. The molecule has 0 heterocycles. The average molecular weight is 479 g/mol. The van der Waals surface area contributed by atoms with Crippen molar-refractivity contribution in [3.05, 3.63) is 55.6 Å². The molecule has 0 spiro atoms. The Morgan fingerprint density at radius 1 is 1.25 bits per heavy atom. The first-order valence-corrected chi connectivity index (χ1v) is 8.56. The monoisotopic (exact) mass is 478 g/mol. The van der Waals surface area contributed by atoms with Gasteiger partial charge in [-0.15, -0.1) is 0 Å². The fourth-order valence-electron chi connectivity index (χ4n) is 1.71. The summed E-state index contributed by atoms with van der Waals surface area (Å²) in [5.41, 5.74) is 3.22. The van der Waals surface area contributed by atoms with E-state index in [2.05, 4.69) is 33.1 Å². The number of hydrogen-bond donors (Lipinski definition) is 1. The van der Waals surface area contributed by atoms with Gasteiger partial charge in [-0.2, -0.15) is 5.10 Å². The molecule has 5 nitrogen and oxygen atoms in total. The molecule has 0 radical (unpaired) electrons. The van der Waals surface area contributed by atoms with Crippen molar-refractivity contribution in [2.24, 2.45) is 5.10 Å². The molecule has 0 aromatic heterocycles. The van der Waals surface area contributed by atoms with E-state index < -0.39 is 5.91 Å². The summed E-state index contributed by atoms with van der Waals surface area (Å²) in [6, 6.07) is 10.3. The van der Waals surface area contributed by atoms with Gasteiger partial charge in [0.2, 0.25) is 0 Å². The Hall–Kier alpha value is -1.51. The number of carbonyl (C=O) groups excluding carboxylic acids is 1. The molecule has 0 aliphatic heterocycles. The van der Waals surface area contributed by atoms with Crippen molar-refractivity contribution >= 4 is 57.9 Å². The van der Waals surface area contributed by atoms with Gasteiger partial charge in [0, 0.05) is 5.02 Å². The Kier molecular flexibility index (Phi) is 7.14. The van der Waals surface area contributed by atoms with Gasteiger partial charge in [-0.3, -0.25) is 4.79 Å². The van der Waals surface area contributed by atoms with Crippen molar-refractivity contribution in [1.82, 2.24) is 5.43 Å². The largest absolute Gasteiger partial charge is 0.496 e. The highest BCUT2D eigenvalue weighted by atomic mass is 127. The molecule has 1 N–H and O–H groups in total. The molecule has 0 aliphatic rings. The molecule has 0 aliphatic carbocycles. The Balaban J connectivity index is 1.85. The first kappa shape index (κ1) is 18.8. The van der Waals surface area contributed by atoms with E-state index in [0.29, 0.717) is 15.8 Å². The molecule has 0 fully saturated rings. The van der Waals surface area contributed by atoms with Crippen LogP contribution in [0.25, 0.3) is 0 Å². The lowest BCUT2D eigenvalue weighted by molar-refractivity contribution is -0.123. The Morgan fingerprint density at radius 3 is 2.67 bits per heavy atom. The molecular weight excluding hydrogens is 466 g/mol. The number of hydrogen-bond acceptors (Lipinski definition) is 4. The van der Waals surface area contributed by atoms with Crippen LogP contribution in [0.15, 0.2) is 41.5 Å². The number of methoxy groups -OCH3 is 1. The molecule has 0 bridgehead atoms. The maximum atomic E-state index is 11.7. The molecule has 0 saturated carbocycles. The zero-order chi connectivity index (χ0) is 17.5. The highest BCUT2D eigenvalue weighted by molar-refractivity contribution is 14.1. The normalized spacial score (nSPS) is 10.7. The van der Waals surface area contributed by atoms with Gasteiger partial charge in [0.1, 0.15) is 11.5 Å². The van der Waals surface area contributed by atoms with Crippen LogP contribution in [0.5, 0.6) is 11.5 Å². The second-order valence-corrected chi connectivity index (χ2v) is 6.56. The van der Waals surface area contributed by atoms with Crippen LogP contribution in [-0.4, -0.2) is 25.8 Å². The molecule has 0 unspecified atom stereocenters. The third kappa shape index (κ3) is 5.54. The van der Waals surface area contributed by atoms with Crippen LogP contribution in [0.3, 0.4) is 0 Å². The number of nitrogens with zero attached hydrogens (tertiary/aromatic N) is 1. The van der Waals surface area contributed by atoms with Crippen molar-refractivity contribution < 1.29 is 14.3 Å². The second-order valence-electron chi connectivity index (χ2n) is 4.55. The standard InChI is InChI=1S/C16H13Cl2IN2O3/c1-23-15-4-2-10(6-13(15)19)8-20-21-16(22)9-24-14-5-3-11(17)7-12(14)18/h2-8H,9H2,1H3,(H,21,22)/b20-8+. The van der Waals surface area contributed by atoms with Crippen LogP contribution in [0.1, 0.15) is 5.56 Å². The van der Waals surface area contributed by atoms with Crippen LogP contribution < -0.4 is 14.9 Å². The summed E-state index contributed by atoms with van der Waals surface area (Å²) >= 11 is 13.9. The highest BCUT2D eigenvalue weighted by Gasteiger charge is 2.06. The molecule has 0 saturated heterocycles. The van der Waals surface area contributed by atoms with Gasteiger partial charge in [-0.25, -0.2) is 5.43 Å². The quantitative estimate of drug-likeness (QED) is 0.385. The first-order chi connectivity index (χ1) is 11.5. The average Bonchev–Trinajstić information content (AvgIpc) is 2.54. The minimum Gasteiger partial charge on any atom is -0.496 e. The van der Waals surface area contributed by atoms with Crippen molar-refractivity contribution in [1.29, 1.82) is 0 Å². The molecular formula is C16H13Cl2IN2O3. The third-order valence-electron chi connectivity index (χ3n) is 2.83. The van der Waals surface area contributed by atoms with Gasteiger partial charge in [-0.1, -0.05) is 23.2 Å². The molecule has 2 rings (SSSR count). The number of carbonyl (C=O) groups is 1. The van der Waals surface area contributed by atoms with Crippen LogP contribution in [-0.2, 0) is 4.79 Å². The van der Waals surface area contributed by atoms with E-state index in [9.17, 15) is 4.79 Å². The SMILES string of the molecule is COc1ccc(/C=N/NC(=O)COc2ccc(Cl)cc2Cl)cc1I. The van der Waals surface area contributed by atoms with Gasteiger partial charge in [0.15, 0.2) is 6.61 Å². The smallest absolute Gasteiger partial charge is 0.277 e. The van der Waals surface area contributed by atoms with Crippen LogP contribution >= 0.6 is 45.8 Å². The zero-order valence-corrected chi connectivity index (χ0v) is 16.2. The van der Waals surface area contributed by atoms with Crippen molar-refractivity contribution in [3.63, 3.8) is 0 Å². The van der Waals surface area contributed by atoms with Gasteiger partial charge in [0.25, 0.3) is 5.91 Å². The van der Waals surface area contributed by atoms with E-state index >= 15 is 0 Å². The summed E-state index contributed by atoms with van der Waals surface area (Å²) in [6.07, 6.45) is 1.54. The van der Waals surface area contributed by atoms with E-state index in [1.165, 1.54) is 6.21 Å². The van der Waals surface area contributed by atoms with E-state index in [1.54, 1.807) is 25.3 Å². The molecule has 8 heteroatoms. The van der Waals surface area contributed by atoms with Crippen molar-refractivity contribution in [2.75, 3.05) is 13.7 Å². The van der Waals surface area contributed by atoms with Crippen molar-refractivity contribution in [2.45, 2.75) is 0 Å². The summed E-state index contributed by atoms with van der Waals surface area (Å²) in [6.45, 7) is -0.209. The number of benzene rings is 2. The van der Waals surface area contributed by atoms with Crippen LogP contribution in [0, 0.1) is 3.57 Å². The van der Waals surface area contributed by atoms with Crippen LogP contribution in [0.2, 0.25) is 10.0 Å². The molecule has 126 valence electrons. The lowest BCUT2D eigenvalue weighted by atomic mass is 10.2. The van der Waals surface area contributed by atoms with Gasteiger partial charge < -0.3 is 9.47 Å². The fourth-order valence-corrected chi connectivity index (χ4v) is 2.93. The molecule has 1 amide bonds. The number of amides is 1. The van der Waals surface area contributed by atoms with E-state index in [0.717, 1.165) is 14.9 Å². The van der Waals surface area contributed by atoms with Gasteiger partial charge in [0.05, 0.1) is 21.9 Å². The minimum absolute atomic E-state index is 0.209. The van der Waals surface area contributed by atoms with E-state index in [1.807, 2.05) is 18.2 Å². The first-order valence-electron chi connectivity index (χ1n) is 6.73. The predicted molar refractivity (Wildman–Crippen MR) is 103 cm³/mol. The summed E-state index contributed by atoms with van der Waals surface area (Å²) in [5.74, 6) is 0.760. The number of nitrogens with one attached hydrogen (secondary N) is 1. The fraction of sp³-hybridized carbons (Fsp3) is 0.125. The maximum Gasteiger partial charge on any atom is 0.277 e. The molecule has 2 aromatic carbocycles. The molecule has 2 aromatic rings. The summed E-state index contributed by atoms with van der Waals surface area (Å²) in [7, 11) is 1.61. The van der Waals surface area contributed by atoms with Crippen molar-refractivity contribution in [3.8, 4) is 11.5 Å². The topological polar surface area (TPSA) is 59.9 Å². The number of hydrazone groups is 1. The lowest BCUT2D eigenvalue weighted by Crippen LogP contribution is -2.24. The van der Waals surface area contributed by atoms with Crippen LogP contribution in [0.4, 0.5) is 0 Å². The summed E-state index contributed by atoms with van der Waals surface area (Å²) in [4.78, 5) is 11.7. The maximum absolute atomic E-state index is 11.7. The minimum atomic E-state index is -0.402. The number of halogens is 3. The predicted octanol–water partition coefficient (Wildman–Crippen LogP) is 4.14. The molecule has 24 heavy (non-hydrogen) atoms. The van der Waals surface area contributed by atoms with Gasteiger partial charge >= 0.3 is 0 Å². The van der Waals surface area contributed by atoms with E-state index in [-0.39, 0.29) is 6.61 Å². The second kappa shape index (κ2) is 9.10. The third-order valence-corrected chi connectivity index (χ3v) is 4.20. The van der Waals surface area contributed by atoms with Gasteiger partial charge in [-0.05, 0) is 64.6 Å². The lowest BCUT2D eigenvalue weighted by Gasteiger charge is -2.07. The number of rotatable bonds is 6.